The van der Waals surface area contributed by atoms with Crippen LogP contribution < -0.4 is 5.73 Å². The molecule has 0 saturated heterocycles. The number of nitrogens with two attached hydrogens (primary N) is 1. The predicted molar refractivity (Wildman–Crippen MR) is 90.7 cm³/mol. The molecule has 0 aliphatic heterocycles. The molecule has 0 heterocycles. The maximum absolute atomic E-state index is 13.4. The van der Waals surface area contributed by atoms with E-state index in [2.05, 4.69) is 36.7 Å². The highest BCUT2D eigenvalue weighted by molar-refractivity contribution is 9.10. The van der Waals surface area contributed by atoms with Gasteiger partial charge in [-0.1, -0.05) is 36.7 Å². The Morgan fingerprint density at radius 2 is 1.81 bits per heavy atom. The molecule has 0 bridgehead atoms. The lowest BCUT2D eigenvalue weighted by molar-refractivity contribution is 0.139. The van der Waals surface area contributed by atoms with Gasteiger partial charge in [0.1, 0.15) is 5.82 Å². The third kappa shape index (κ3) is 4.79. The molecule has 1 aliphatic carbocycles. The number of benzene rings is 1. The van der Waals surface area contributed by atoms with Gasteiger partial charge in [-0.25, -0.2) is 4.39 Å². The summed E-state index contributed by atoms with van der Waals surface area (Å²) in [5.74, 6) is 1.19. The Balaban J connectivity index is 1.91. The van der Waals surface area contributed by atoms with E-state index < -0.39 is 0 Å². The average molecular weight is 356 g/mol. The molecule has 1 aliphatic rings. The molecule has 0 spiro atoms. The average Bonchev–Trinajstić information content (AvgIpc) is 2.36. The van der Waals surface area contributed by atoms with E-state index in [9.17, 15) is 4.39 Å². The Morgan fingerprint density at radius 1 is 1.19 bits per heavy atom. The van der Waals surface area contributed by atoms with Gasteiger partial charge in [-0.3, -0.25) is 0 Å². The first-order valence-electron chi connectivity index (χ1n) is 7.96. The maximum Gasteiger partial charge on any atom is 0.124 e. The monoisotopic (exact) mass is 355 g/mol. The van der Waals surface area contributed by atoms with Gasteiger partial charge in [0.25, 0.3) is 0 Å². The summed E-state index contributed by atoms with van der Waals surface area (Å²) in [5.41, 5.74) is 7.80. The van der Waals surface area contributed by atoms with Crippen molar-refractivity contribution in [1.82, 2.24) is 0 Å². The van der Waals surface area contributed by atoms with Crippen LogP contribution in [0.5, 0.6) is 0 Å². The molecule has 1 atom stereocenters. The molecule has 1 nitrogen and oxygen atoms in total. The van der Waals surface area contributed by atoms with Crippen LogP contribution in [0.25, 0.3) is 0 Å². The second-order valence-corrected chi connectivity index (χ2v) is 8.54. The van der Waals surface area contributed by atoms with Crippen molar-refractivity contribution in [2.45, 2.75) is 58.9 Å². The Morgan fingerprint density at radius 3 is 2.33 bits per heavy atom. The third-order valence-corrected chi connectivity index (χ3v) is 5.45. The van der Waals surface area contributed by atoms with Crippen LogP contribution in [0.1, 0.15) is 52.0 Å². The van der Waals surface area contributed by atoms with Gasteiger partial charge < -0.3 is 5.73 Å². The van der Waals surface area contributed by atoms with Gasteiger partial charge in [0.15, 0.2) is 0 Å². The Bertz CT molecular complexity index is 452. The molecule has 1 aromatic rings. The van der Waals surface area contributed by atoms with Crippen LogP contribution in [0.15, 0.2) is 22.7 Å². The Kier molecular flexibility index (Phi) is 5.48. The molecule has 3 heteroatoms. The third-order valence-electron chi connectivity index (χ3n) is 5.00. The summed E-state index contributed by atoms with van der Waals surface area (Å²) in [6.07, 6.45) is 5.73. The normalized spacial score (nSPS) is 24.9. The first kappa shape index (κ1) is 17.0. The zero-order valence-corrected chi connectivity index (χ0v) is 14.9. The SMILES string of the molecule is CC(C)(C)C1CCC(C(N)Cc2cc(F)cc(Br)c2)CC1. The molecule has 1 saturated carbocycles. The van der Waals surface area contributed by atoms with Crippen molar-refractivity contribution in [2.24, 2.45) is 23.0 Å². The van der Waals surface area contributed by atoms with Crippen LogP contribution in [-0.4, -0.2) is 6.04 Å². The highest BCUT2D eigenvalue weighted by Crippen LogP contribution is 2.40. The summed E-state index contributed by atoms with van der Waals surface area (Å²) < 4.78 is 14.2. The highest BCUT2D eigenvalue weighted by atomic mass is 79.9. The molecular weight excluding hydrogens is 329 g/mol. The van der Waals surface area contributed by atoms with Gasteiger partial charge >= 0.3 is 0 Å². The maximum atomic E-state index is 13.4. The van der Waals surface area contributed by atoms with Crippen molar-refractivity contribution in [3.05, 3.63) is 34.1 Å². The highest BCUT2D eigenvalue weighted by Gasteiger charge is 2.31. The lowest BCUT2D eigenvalue weighted by atomic mass is 9.68. The van der Waals surface area contributed by atoms with Crippen molar-refractivity contribution in [1.29, 1.82) is 0 Å². The van der Waals surface area contributed by atoms with E-state index in [-0.39, 0.29) is 11.9 Å². The van der Waals surface area contributed by atoms with Crippen molar-refractivity contribution in [2.75, 3.05) is 0 Å². The minimum atomic E-state index is -0.192. The van der Waals surface area contributed by atoms with E-state index in [0.29, 0.717) is 11.3 Å². The second-order valence-electron chi connectivity index (χ2n) is 7.62. The van der Waals surface area contributed by atoms with E-state index in [1.807, 2.05) is 6.07 Å². The first-order valence-corrected chi connectivity index (χ1v) is 8.75. The molecule has 2 rings (SSSR count). The summed E-state index contributed by atoms with van der Waals surface area (Å²) in [4.78, 5) is 0. The number of hydrogen-bond acceptors (Lipinski definition) is 1. The minimum Gasteiger partial charge on any atom is -0.327 e. The number of hydrogen-bond donors (Lipinski definition) is 1. The quantitative estimate of drug-likeness (QED) is 0.780. The molecule has 0 radical (unpaired) electrons. The van der Waals surface area contributed by atoms with Gasteiger partial charge in [0.2, 0.25) is 0 Å². The molecule has 0 amide bonds. The van der Waals surface area contributed by atoms with Crippen molar-refractivity contribution >= 4 is 15.9 Å². The van der Waals surface area contributed by atoms with Crippen molar-refractivity contribution in [3.63, 3.8) is 0 Å². The lowest BCUT2D eigenvalue weighted by Crippen LogP contribution is -2.36. The zero-order chi connectivity index (χ0) is 15.6. The molecule has 1 aromatic carbocycles. The Labute approximate surface area is 136 Å². The van der Waals surface area contributed by atoms with Crippen LogP contribution in [0.2, 0.25) is 0 Å². The molecule has 118 valence electrons. The summed E-state index contributed by atoms with van der Waals surface area (Å²) in [6.45, 7) is 7.01. The molecule has 21 heavy (non-hydrogen) atoms. The first-order chi connectivity index (χ1) is 9.75. The fourth-order valence-corrected chi connectivity index (χ4v) is 4.09. The smallest absolute Gasteiger partial charge is 0.124 e. The summed E-state index contributed by atoms with van der Waals surface area (Å²) >= 11 is 3.35. The van der Waals surface area contributed by atoms with Crippen molar-refractivity contribution in [3.8, 4) is 0 Å². The predicted octanol–water partition coefficient (Wildman–Crippen LogP) is 5.31. The van der Waals surface area contributed by atoms with Crippen molar-refractivity contribution < 1.29 is 4.39 Å². The van der Waals surface area contributed by atoms with Crippen LogP contribution in [0, 0.1) is 23.1 Å². The van der Waals surface area contributed by atoms with E-state index in [1.165, 1.54) is 31.7 Å². The van der Waals surface area contributed by atoms with Gasteiger partial charge in [-0.15, -0.1) is 0 Å². The van der Waals surface area contributed by atoms with Gasteiger partial charge in [0.05, 0.1) is 0 Å². The standard InChI is InChI=1S/C18H27BrFN/c1-18(2,3)14-6-4-13(5-7-14)17(21)10-12-8-15(19)11-16(20)9-12/h8-9,11,13-14,17H,4-7,10,21H2,1-3H3. The molecule has 1 unspecified atom stereocenters. The molecule has 0 aromatic heterocycles. The topological polar surface area (TPSA) is 26.0 Å². The summed E-state index contributed by atoms with van der Waals surface area (Å²) in [6, 6.07) is 5.21. The second kappa shape index (κ2) is 6.78. The number of rotatable bonds is 3. The fraction of sp³-hybridized carbons (Fsp3) is 0.667. The van der Waals surface area contributed by atoms with E-state index >= 15 is 0 Å². The van der Waals surface area contributed by atoms with E-state index in [4.69, 9.17) is 5.73 Å². The Hall–Kier alpha value is -0.410. The number of halogens is 2. The molecule has 2 N–H and O–H groups in total. The minimum absolute atomic E-state index is 0.139. The molecular formula is C18H27BrFN. The van der Waals surface area contributed by atoms with Gasteiger partial charge in [0, 0.05) is 10.5 Å². The summed E-state index contributed by atoms with van der Waals surface area (Å²) in [7, 11) is 0. The van der Waals surface area contributed by atoms with E-state index in [0.717, 1.165) is 22.4 Å². The van der Waals surface area contributed by atoms with E-state index in [1.54, 1.807) is 6.07 Å². The lowest BCUT2D eigenvalue weighted by Gasteiger charge is -2.38. The molecule has 1 fully saturated rings. The van der Waals surface area contributed by atoms with Gasteiger partial charge in [-0.05, 0) is 73.1 Å². The summed E-state index contributed by atoms with van der Waals surface area (Å²) in [5, 5.41) is 0. The van der Waals surface area contributed by atoms with Crippen LogP contribution >= 0.6 is 15.9 Å². The van der Waals surface area contributed by atoms with Crippen LogP contribution in [-0.2, 0) is 6.42 Å². The van der Waals surface area contributed by atoms with Crippen LogP contribution in [0.3, 0.4) is 0 Å². The zero-order valence-electron chi connectivity index (χ0n) is 13.3. The van der Waals surface area contributed by atoms with Gasteiger partial charge in [-0.2, -0.15) is 0 Å². The fourth-order valence-electron chi connectivity index (χ4n) is 3.58. The van der Waals surface area contributed by atoms with Crippen LogP contribution in [0.4, 0.5) is 4.39 Å². The largest absolute Gasteiger partial charge is 0.327 e.